The fraction of sp³-hybridized carbons (Fsp3) is 0.545. The van der Waals surface area contributed by atoms with Crippen molar-refractivity contribution in [1.82, 2.24) is 19.1 Å². The summed E-state index contributed by atoms with van der Waals surface area (Å²) in [6.45, 7) is -0.497. The minimum atomic E-state index is -1.40. The monoisotopic (exact) mass is 329 g/mol. The molecule has 3 heterocycles. The molecule has 10 nitrogen and oxygen atoms in total. The Morgan fingerprint density at radius 3 is 2.73 bits per heavy atom. The highest BCUT2D eigenvalue weighted by Gasteiger charge is 2.44. The number of ether oxygens (including phenoxy) is 1. The Morgan fingerprint density at radius 1 is 1.45 bits per heavy atom. The van der Waals surface area contributed by atoms with Gasteiger partial charge in [0.25, 0.3) is 0 Å². The lowest BCUT2D eigenvalue weighted by atomic mass is 10.1. The van der Waals surface area contributed by atoms with Gasteiger partial charge in [-0.1, -0.05) is 12.2 Å². The summed E-state index contributed by atoms with van der Waals surface area (Å²) in [7, 11) is 1.60. The molecule has 0 aliphatic carbocycles. The number of hydrogen-bond donors (Lipinski definition) is 5. The van der Waals surface area contributed by atoms with Crippen LogP contribution in [0.3, 0.4) is 0 Å². The zero-order valence-electron chi connectivity index (χ0n) is 11.5. The zero-order valence-corrected chi connectivity index (χ0v) is 12.3. The molecule has 1 fully saturated rings. The van der Waals surface area contributed by atoms with E-state index >= 15 is 0 Å². The van der Waals surface area contributed by atoms with Crippen LogP contribution in [0.25, 0.3) is 11.2 Å². The van der Waals surface area contributed by atoms with Crippen LogP contribution in [0.2, 0.25) is 0 Å². The number of H-pyrrole nitrogens is 1. The number of aliphatic hydroxyl groups is 3. The summed E-state index contributed by atoms with van der Waals surface area (Å²) in [5.74, 6) is 0.0805. The molecule has 0 unspecified atom stereocenters. The summed E-state index contributed by atoms with van der Waals surface area (Å²) in [5, 5.41) is 29.0. The van der Waals surface area contributed by atoms with E-state index in [2.05, 4.69) is 9.97 Å². The van der Waals surface area contributed by atoms with E-state index in [1.807, 2.05) is 0 Å². The Kier molecular flexibility index (Phi) is 3.53. The van der Waals surface area contributed by atoms with Gasteiger partial charge in [0.15, 0.2) is 11.9 Å². The van der Waals surface area contributed by atoms with Gasteiger partial charge in [0, 0.05) is 7.05 Å². The van der Waals surface area contributed by atoms with E-state index in [-0.39, 0.29) is 21.8 Å². The number of aromatic amines is 1. The van der Waals surface area contributed by atoms with Crippen molar-refractivity contribution in [1.29, 1.82) is 0 Å². The lowest BCUT2D eigenvalue weighted by Gasteiger charge is -2.16. The maximum absolute atomic E-state index is 12.2. The van der Waals surface area contributed by atoms with Crippen molar-refractivity contribution in [3.63, 3.8) is 0 Å². The minimum Gasteiger partial charge on any atom is -0.394 e. The molecule has 120 valence electrons. The largest absolute Gasteiger partial charge is 0.394 e. The highest BCUT2D eigenvalue weighted by molar-refractivity contribution is 7.71. The van der Waals surface area contributed by atoms with Crippen molar-refractivity contribution in [3.05, 3.63) is 15.1 Å². The normalized spacial score (nSPS) is 28.5. The van der Waals surface area contributed by atoms with Gasteiger partial charge in [0.05, 0.1) is 6.61 Å². The van der Waals surface area contributed by atoms with E-state index in [1.54, 1.807) is 7.05 Å². The number of nitrogen functional groups attached to an aromatic ring is 1. The molecule has 0 saturated carbocycles. The molecular formula is C11H15N5O5S. The molecule has 0 amide bonds. The number of anilines is 1. The molecule has 4 atom stereocenters. The summed E-state index contributed by atoms with van der Waals surface area (Å²) in [5.41, 5.74) is 5.51. The first-order valence-electron chi connectivity index (χ1n) is 6.46. The van der Waals surface area contributed by atoms with E-state index in [9.17, 15) is 15.0 Å². The van der Waals surface area contributed by atoms with Crippen molar-refractivity contribution in [2.75, 3.05) is 12.3 Å². The highest BCUT2D eigenvalue weighted by atomic mass is 32.1. The van der Waals surface area contributed by atoms with Crippen LogP contribution in [0.4, 0.5) is 5.95 Å². The molecule has 1 aliphatic rings. The number of aliphatic hydroxyl groups excluding tert-OH is 3. The van der Waals surface area contributed by atoms with E-state index in [1.165, 1.54) is 4.57 Å². The van der Waals surface area contributed by atoms with Crippen LogP contribution in [0, 0.1) is 4.64 Å². The molecule has 22 heavy (non-hydrogen) atoms. The number of nitrogens with one attached hydrogen (secondary N) is 1. The van der Waals surface area contributed by atoms with Crippen LogP contribution < -0.4 is 11.4 Å². The number of nitrogens with two attached hydrogens (primary N) is 1. The van der Waals surface area contributed by atoms with Gasteiger partial charge < -0.3 is 35.3 Å². The van der Waals surface area contributed by atoms with Crippen molar-refractivity contribution in [2.24, 2.45) is 7.05 Å². The Hall–Kier alpha value is -1.79. The molecule has 0 spiro atoms. The first-order valence-corrected chi connectivity index (χ1v) is 6.86. The summed E-state index contributed by atoms with van der Waals surface area (Å²) >= 11 is 5.20. The lowest BCUT2D eigenvalue weighted by Crippen LogP contribution is -2.35. The Bertz CT molecular complexity index is 842. The average molecular weight is 329 g/mol. The number of aromatic nitrogens is 4. The summed E-state index contributed by atoms with van der Waals surface area (Å²) in [6, 6.07) is 0. The molecule has 1 aliphatic heterocycles. The van der Waals surface area contributed by atoms with Gasteiger partial charge in [-0.25, -0.2) is 9.36 Å². The van der Waals surface area contributed by atoms with Gasteiger partial charge in [-0.15, -0.1) is 0 Å². The first kappa shape index (κ1) is 15.1. The summed E-state index contributed by atoms with van der Waals surface area (Å²) in [4.78, 5) is 18.8. The highest BCUT2D eigenvalue weighted by Crippen LogP contribution is 2.30. The molecule has 3 rings (SSSR count). The Balaban J connectivity index is 2.22. The first-order chi connectivity index (χ1) is 10.4. The molecule has 0 radical (unpaired) electrons. The second-order valence-corrected chi connectivity index (χ2v) is 5.45. The molecule has 0 aromatic carbocycles. The number of rotatable bonds is 2. The Labute approximate surface area is 128 Å². The third kappa shape index (κ3) is 1.98. The van der Waals surface area contributed by atoms with Gasteiger partial charge in [0.2, 0.25) is 5.95 Å². The van der Waals surface area contributed by atoms with Gasteiger partial charge in [-0.2, -0.15) is 4.98 Å². The fourth-order valence-electron chi connectivity index (χ4n) is 2.48. The topological polar surface area (TPSA) is 152 Å². The van der Waals surface area contributed by atoms with Crippen LogP contribution in [-0.4, -0.2) is 59.3 Å². The molecule has 2 aromatic heterocycles. The fourth-order valence-corrected chi connectivity index (χ4v) is 2.72. The number of fused-ring (bicyclic) bond motifs is 1. The van der Waals surface area contributed by atoms with Gasteiger partial charge in [0.1, 0.15) is 28.5 Å². The van der Waals surface area contributed by atoms with Crippen molar-refractivity contribution < 1.29 is 20.1 Å². The van der Waals surface area contributed by atoms with Crippen molar-refractivity contribution in [3.8, 4) is 0 Å². The molecule has 0 bridgehead atoms. The number of hydrogen-bond acceptors (Lipinski definition) is 8. The van der Waals surface area contributed by atoms with Gasteiger partial charge in [-0.05, 0) is 0 Å². The van der Waals surface area contributed by atoms with Crippen molar-refractivity contribution in [2.45, 2.75) is 24.5 Å². The maximum atomic E-state index is 12.2. The summed E-state index contributed by atoms with van der Waals surface area (Å²) in [6.07, 6.45) is -4.94. The number of nitrogens with zero attached hydrogens (tertiary/aromatic N) is 3. The lowest BCUT2D eigenvalue weighted by molar-refractivity contribution is -0.0524. The average Bonchev–Trinajstić information content (AvgIpc) is 2.95. The van der Waals surface area contributed by atoms with Gasteiger partial charge >= 0.3 is 5.69 Å². The van der Waals surface area contributed by atoms with Crippen LogP contribution >= 0.6 is 12.2 Å². The third-order valence-electron chi connectivity index (χ3n) is 3.76. The second kappa shape index (κ2) is 5.14. The van der Waals surface area contributed by atoms with E-state index < -0.39 is 36.8 Å². The van der Waals surface area contributed by atoms with Crippen LogP contribution in [0.5, 0.6) is 0 Å². The van der Waals surface area contributed by atoms with Crippen LogP contribution in [0.15, 0.2) is 4.79 Å². The maximum Gasteiger partial charge on any atom is 0.330 e. The quantitative estimate of drug-likeness (QED) is 0.396. The minimum absolute atomic E-state index is 0.0805. The van der Waals surface area contributed by atoms with Crippen LogP contribution in [-0.2, 0) is 11.8 Å². The molecular weight excluding hydrogens is 314 g/mol. The predicted octanol–water partition coefficient (Wildman–Crippen LogP) is -2.01. The number of imidazole rings is 1. The van der Waals surface area contributed by atoms with Gasteiger partial charge in [-0.3, -0.25) is 0 Å². The second-order valence-electron chi connectivity index (χ2n) is 5.06. The third-order valence-corrected chi connectivity index (χ3v) is 4.23. The Morgan fingerprint density at radius 2 is 2.14 bits per heavy atom. The van der Waals surface area contributed by atoms with E-state index in [0.29, 0.717) is 0 Å². The van der Waals surface area contributed by atoms with Crippen molar-refractivity contribution >= 4 is 29.3 Å². The summed E-state index contributed by atoms with van der Waals surface area (Å²) < 4.78 is 8.08. The molecule has 11 heteroatoms. The van der Waals surface area contributed by atoms with E-state index in [0.717, 1.165) is 4.57 Å². The standard InChI is InChI=1S/C11H15N5O5S/c1-15-9(22)4-7(14-10(15)12)16(11(20)13-4)8-6(19)5(18)3(2-17)21-8/h3,5-6,8,17-19H,2H2,1H3,(H2,12,14)(H,13,20)/t3-,5+,6+,8+/m0/s1. The van der Waals surface area contributed by atoms with Crippen LogP contribution in [0.1, 0.15) is 6.23 Å². The van der Waals surface area contributed by atoms with E-state index in [4.69, 9.17) is 27.8 Å². The smallest absolute Gasteiger partial charge is 0.330 e. The molecule has 2 aromatic rings. The molecule has 6 N–H and O–H groups in total. The SMILES string of the molecule is Cn1c(N)nc2c([nH]c(=O)n2[C@@H]2O[C@@H](CO)[C@@H](O)[C@H]2O)c1=S. The molecule has 1 saturated heterocycles. The predicted molar refractivity (Wildman–Crippen MR) is 77.6 cm³/mol. The zero-order chi connectivity index (χ0) is 16.2.